The fraction of sp³-hybridized carbons (Fsp3) is 0.370. The molecule has 6 aromatic carbocycles. The molecule has 2 amide bonds. The van der Waals surface area contributed by atoms with Crippen LogP contribution in [0.5, 0.6) is 0 Å². The van der Waals surface area contributed by atoms with Crippen molar-refractivity contribution in [1.29, 1.82) is 0 Å². The van der Waals surface area contributed by atoms with E-state index < -0.39 is 290 Å². The van der Waals surface area contributed by atoms with Gasteiger partial charge in [-0.2, -0.15) is 36.3 Å². The zero-order valence-corrected chi connectivity index (χ0v) is 52.2. The van der Waals surface area contributed by atoms with Gasteiger partial charge in [0.25, 0.3) is 11.1 Å². The lowest BCUT2D eigenvalue weighted by molar-refractivity contribution is -0.138. The fourth-order valence-electron chi connectivity index (χ4n) is 9.11. The van der Waals surface area contributed by atoms with E-state index in [-0.39, 0.29) is 66.9 Å². The van der Waals surface area contributed by atoms with Crippen molar-refractivity contribution < 1.29 is 94.1 Å². The molecule has 0 atom stereocenters. The largest absolute Gasteiger partial charge is 0.416 e. The van der Waals surface area contributed by atoms with Crippen LogP contribution in [-0.4, -0.2) is 102 Å². The van der Waals surface area contributed by atoms with Crippen LogP contribution in [0.1, 0.15) is 151 Å². The zero-order chi connectivity index (χ0) is 99.9. The van der Waals surface area contributed by atoms with Crippen LogP contribution in [0.3, 0.4) is 0 Å². The maximum Gasteiger partial charge on any atom is 0.416 e. The van der Waals surface area contributed by atoms with Crippen LogP contribution in [0, 0.1) is 18.6 Å². The first-order valence-corrected chi connectivity index (χ1v) is 30.1. The van der Waals surface area contributed by atoms with E-state index in [2.05, 4.69) is 9.97 Å². The summed E-state index contributed by atoms with van der Waals surface area (Å²) in [5.41, 5.74) is -9.99. The molecule has 0 N–H and O–H groups in total. The molecule has 0 saturated carbocycles. The number of aromatic nitrogens is 4. The highest BCUT2D eigenvalue weighted by Gasteiger charge is 2.33. The maximum absolute atomic E-state index is 15.1. The summed E-state index contributed by atoms with van der Waals surface area (Å²) in [7, 11) is 0. The Morgan fingerprint density at radius 3 is 1.55 bits per heavy atom. The Morgan fingerprint density at radius 1 is 0.547 bits per heavy atom. The van der Waals surface area contributed by atoms with Crippen LogP contribution in [0.2, 0.25) is 0 Å². The second kappa shape index (κ2) is 32.7. The number of benzene rings is 6. The van der Waals surface area contributed by atoms with E-state index >= 15 is 4.79 Å². The van der Waals surface area contributed by atoms with Gasteiger partial charge in [0.1, 0.15) is 24.7 Å². The van der Waals surface area contributed by atoms with Gasteiger partial charge in [0.05, 0.1) is 35.8 Å². The number of amides is 2. The minimum absolute atomic E-state index is 0.0293. The molecule has 2 aromatic heterocycles. The first-order chi connectivity index (χ1) is 59.4. The van der Waals surface area contributed by atoms with Crippen molar-refractivity contribution in [2.24, 2.45) is 0 Å². The quantitative estimate of drug-likeness (QED) is 0.0295. The van der Waals surface area contributed by atoms with Gasteiger partial charge in [0.2, 0.25) is 11.8 Å². The Hall–Kier alpha value is -7.92. The molecular weight excluding hydrogens is 1270 g/mol. The van der Waals surface area contributed by atoms with Gasteiger partial charge >= 0.3 is 12.4 Å². The van der Waals surface area contributed by atoms with E-state index in [1.807, 2.05) is 0 Å². The smallest absolute Gasteiger partial charge is 0.336 e. The first-order valence-electron chi connectivity index (χ1n) is 46.2. The van der Waals surface area contributed by atoms with Gasteiger partial charge < -0.3 is 28.7 Å². The molecule has 0 bridgehead atoms. The molecule has 22 heteroatoms. The van der Waals surface area contributed by atoms with E-state index in [0.29, 0.717) is 52.6 Å². The first kappa shape index (κ1) is 37.6. The van der Waals surface area contributed by atoms with Crippen LogP contribution >= 0.6 is 23.5 Å². The van der Waals surface area contributed by atoms with Crippen LogP contribution in [0.15, 0.2) is 159 Å². The lowest BCUT2D eigenvalue weighted by Gasteiger charge is -2.28. The summed E-state index contributed by atoms with van der Waals surface area (Å²) < 4.78 is 418. The number of alkyl halides is 6. The lowest BCUT2D eigenvalue weighted by atomic mass is 9.98. The van der Waals surface area contributed by atoms with Crippen molar-refractivity contribution in [3.05, 3.63) is 233 Å². The Balaban J connectivity index is 0.000000301. The Bertz CT molecular complexity index is 5880. The number of nitrogens with zero attached hydrogens (tertiary/aromatic N) is 8. The average Bonchev–Trinajstić information content (AvgIpc) is 1.52. The molecule has 0 aliphatic heterocycles. The molecule has 0 fully saturated rings. The Morgan fingerprint density at radius 2 is 1.03 bits per heavy atom. The summed E-state index contributed by atoms with van der Waals surface area (Å²) in [4.78, 5) is 64.3. The summed E-state index contributed by atoms with van der Waals surface area (Å²) in [6, 6.07) is -3.76. The van der Waals surface area contributed by atoms with Crippen molar-refractivity contribution in [2.45, 2.75) is 133 Å². The molecule has 0 spiro atoms. The van der Waals surface area contributed by atoms with Crippen LogP contribution < -0.4 is 11.1 Å². The highest BCUT2D eigenvalue weighted by molar-refractivity contribution is 7.98. The summed E-state index contributed by atoms with van der Waals surface area (Å²) >= 11 is 0.932. The number of carbonyl (C=O) groups is 2. The van der Waals surface area contributed by atoms with Gasteiger partial charge in [0, 0.05) is 97.8 Å². The fourth-order valence-corrected chi connectivity index (χ4v) is 10.9. The molecule has 2 aliphatic carbocycles. The van der Waals surface area contributed by atoms with E-state index in [1.165, 1.54) is 41.0 Å². The second-order valence-electron chi connectivity index (χ2n) is 20.0. The molecule has 8 aromatic rings. The Kier molecular flexibility index (Phi) is 12.9. The molecule has 0 unspecified atom stereocenters. The normalized spacial score (nSPS) is 21.1. The summed E-state index contributed by atoms with van der Waals surface area (Å²) in [6.45, 7) is -28.4. The van der Waals surface area contributed by atoms with Gasteiger partial charge in [-0.05, 0) is 164 Å². The predicted molar refractivity (Wildman–Crippen MR) is 358 cm³/mol. The van der Waals surface area contributed by atoms with E-state index in [9.17, 15) is 52.2 Å². The van der Waals surface area contributed by atoms with Crippen molar-refractivity contribution >= 4 is 35.3 Å². The number of hydrogen-bond acceptors (Lipinski definition) is 10. The van der Waals surface area contributed by atoms with Crippen molar-refractivity contribution in [1.82, 2.24) is 38.7 Å². The van der Waals surface area contributed by atoms with Crippen LogP contribution in [0.4, 0.5) is 35.1 Å². The zero-order valence-electron chi connectivity index (χ0n) is 86.6. The number of carbonyl (C=O) groups excluding carboxylic acids is 2. The monoisotopic (exact) mass is 1380 g/mol. The third-order valence-corrected chi connectivity index (χ3v) is 15.8. The predicted octanol–water partition coefficient (Wildman–Crippen LogP) is 14.7. The Labute approximate surface area is 608 Å². The highest BCUT2D eigenvalue weighted by Crippen LogP contribution is 2.36. The SMILES string of the molecule is [2H]c1c([2H])c(CSc2nc(=O)c3c(n2CC(=O)N(Cc2ccc(-c4ccc(C(F)(F)F)cc4)cc2)C([2H])([2H])C([2H])([2H])N(C([2H])([2H])C)C([2H])([2H])C)CCC3)c([2H])c([2H])c1F.[2H]c1cc(-c2c([2H])c([2H])c(C(F)(F)F)c(C)c2[2H])c([2H])c([2H])c1CN(C(=O)Cn1c(SCc2c([2H])c([2H])c(F)c([2H])c2[2H])nc(=O)c2c1C([2H])([2H])C([2H])([2H])C2([2H])[2H])C([2H])([2H])C([2H])([2H])N(C([2H])([2H])C)C([2H])([2H])C. The molecule has 2 aliphatic rings. The van der Waals surface area contributed by atoms with Crippen molar-refractivity contribution in [3.8, 4) is 22.3 Å². The standard InChI is InChI=1S/C37H40F4N4O2S.C36H38F4N4O2S/c1-4-43(5-2)19-20-44(22-26-9-13-28(14-10-26)29-15-18-32(25(3)21-29)37(39,40)41)34(46)23-45-33-8-6-7-31(33)35(47)42-36(45)48-24-27-11-16-30(38)17-12-27;1-3-42(4-2)20-21-43(22-25-8-12-27(13-9-25)28-14-16-29(17-15-28)36(38,39)40)33(45)23-44-32-7-5-6-31(32)34(46)41-35(44)47-24-26-10-18-30(37)19-11-26/h9-18,21H,4-8,19-20,22-24H2,1-3H3;8-19H,3-7,20-24H2,1-2H3/i4D2,5D2,6D2,7D2,8D2,9D,10D,11D,12D,13D,15D,16D,17D,18D,19D2,20D2,21D;3D2,4D2,10D,11D,18D,19D,20D2,21D2. The maximum atomic E-state index is 15.1. The minimum atomic E-state index is -5.23. The van der Waals surface area contributed by atoms with Gasteiger partial charge in [-0.3, -0.25) is 19.2 Å². The number of halogens is 8. The molecule has 502 valence electrons. The molecule has 0 radical (unpaired) electrons. The van der Waals surface area contributed by atoms with Gasteiger partial charge in [-0.25, -0.2) is 8.78 Å². The lowest BCUT2D eigenvalue weighted by Crippen LogP contribution is -2.40. The number of rotatable bonds is 26. The third kappa shape index (κ3) is 19.0. The highest BCUT2D eigenvalue weighted by atomic mass is 32.2. The van der Waals surface area contributed by atoms with Gasteiger partial charge in [0.15, 0.2) is 10.3 Å². The molecule has 2 heterocycles. The minimum Gasteiger partial charge on any atom is -0.336 e. The van der Waals surface area contributed by atoms with Crippen molar-refractivity contribution in [3.63, 3.8) is 0 Å². The molecule has 12 nitrogen and oxygen atoms in total. The molecule has 0 saturated heterocycles. The summed E-state index contributed by atoms with van der Waals surface area (Å²) in [6.07, 6.45) is -19.7. The van der Waals surface area contributed by atoms with E-state index in [4.69, 9.17) is 46.6 Å². The summed E-state index contributed by atoms with van der Waals surface area (Å²) in [5.74, 6) is -7.13. The number of fused-ring (bicyclic) bond motifs is 2. The second-order valence-corrected chi connectivity index (χ2v) is 21.9. The van der Waals surface area contributed by atoms with Gasteiger partial charge in [-0.15, -0.1) is 0 Å². The van der Waals surface area contributed by atoms with E-state index in [1.54, 1.807) is 0 Å². The van der Waals surface area contributed by atoms with Crippen LogP contribution in [0.25, 0.3) is 22.3 Å². The van der Waals surface area contributed by atoms with Gasteiger partial charge in [-0.1, -0.05) is 148 Å². The van der Waals surface area contributed by atoms with Crippen LogP contribution in [-0.2, 0) is 85.2 Å². The topological polar surface area (TPSA) is 117 Å². The third-order valence-electron chi connectivity index (χ3n) is 13.8. The molecular formula is C73H78F8N8O4S2. The number of likely N-dealkylation sites (N-methyl/N-ethyl adjacent to an activating group) is 2. The molecule has 95 heavy (non-hydrogen) atoms. The number of hydrogen-bond donors (Lipinski definition) is 0. The summed E-state index contributed by atoms with van der Waals surface area (Å²) in [5, 5.41) is -1.07. The van der Waals surface area contributed by atoms with E-state index in [0.717, 1.165) is 44.7 Å². The average molecular weight is 1380 g/mol. The molecule has 10 rings (SSSR count). The number of thioether (sulfide) groups is 2. The van der Waals surface area contributed by atoms with Crippen molar-refractivity contribution in [2.75, 3.05) is 52.0 Å².